The molecule has 2 N–H and O–H groups in total. The summed E-state index contributed by atoms with van der Waals surface area (Å²) in [6.07, 6.45) is -6.66. The molecule has 0 aliphatic carbocycles. The largest absolute Gasteiger partial charge is 0.496 e. The molecule has 0 spiro atoms. The van der Waals surface area contributed by atoms with E-state index >= 15 is 0 Å². The Morgan fingerprint density at radius 3 is 2.35 bits per heavy atom. The Labute approximate surface area is 180 Å². The van der Waals surface area contributed by atoms with Crippen LogP contribution in [0.15, 0.2) is 36.4 Å². The van der Waals surface area contributed by atoms with E-state index in [1.807, 2.05) is 0 Å². The molecule has 1 aromatic heterocycles. The maximum absolute atomic E-state index is 14.1. The van der Waals surface area contributed by atoms with Crippen molar-refractivity contribution in [1.29, 1.82) is 0 Å². The van der Waals surface area contributed by atoms with Gasteiger partial charge in [0.2, 0.25) is 0 Å². The minimum absolute atomic E-state index is 0.00464. The third-order valence-electron chi connectivity index (χ3n) is 5.34. The number of alkyl halides is 3. The summed E-state index contributed by atoms with van der Waals surface area (Å²) < 4.78 is 75.2. The van der Waals surface area contributed by atoms with Crippen LogP contribution >= 0.6 is 11.6 Å². The van der Waals surface area contributed by atoms with E-state index in [1.165, 1.54) is 39.2 Å². The normalized spacial score (nSPS) is 14.6. The average molecular weight is 462 g/mol. The van der Waals surface area contributed by atoms with E-state index in [0.717, 1.165) is 18.2 Å². The van der Waals surface area contributed by atoms with Crippen LogP contribution in [0.2, 0.25) is 5.02 Å². The summed E-state index contributed by atoms with van der Waals surface area (Å²) in [5, 5.41) is 11.2. The van der Waals surface area contributed by atoms with Crippen molar-refractivity contribution in [2.24, 2.45) is 0 Å². The van der Waals surface area contributed by atoms with Gasteiger partial charge in [0, 0.05) is 28.1 Å². The van der Waals surface area contributed by atoms with Gasteiger partial charge in [-0.1, -0.05) is 25.4 Å². The lowest BCUT2D eigenvalue weighted by molar-refractivity contribution is -0.266. The fraction of sp³-hybridized carbons (Fsp3) is 0.364. The second kappa shape index (κ2) is 7.98. The van der Waals surface area contributed by atoms with Gasteiger partial charge in [-0.3, -0.25) is 0 Å². The van der Waals surface area contributed by atoms with Gasteiger partial charge in [-0.15, -0.1) is 0 Å². The zero-order valence-electron chi connectivity index (χ0n) is 17.0. The van der Waals surface area contributed by atoms with Crippen LogP contribution in [0.4, 0.5) is 22.0 Å². The van der Waals surface area contributed by atoms with Crippen molar-refractivity contribution < 1.29 is 31.8 Å². The Hall–Kier alpha value is -2.32. The highest BCUT2D eigenvalue weighted by molar-refractivity contribution is 6.31. The highest BCUT2D eigenvalue weighted by Crippen LogP contribution is 2.45. The molecule has 3 nitrogen and oxygen atoms in total. The minimum atomic E-state index is -5.02. The number of nitrogens with one attached hydrogen (secondary N) is 1. The average Bonchev–Trinajstić information content (AvgIpc) is 3.02. The molecule has 0 saturated heterocycles. The standard InChI is InChI=1S/C22H21ClF5NO2/c1-20(2,16-9-14(24)4-5-18(16)31-3)11-21(30,22(26,27)28)10-15-7-12-6-13(23)8-17(25)19(12)29-15/h4-9,29-30H,10-11H2,1-3H3. The highest BCUT2D eigenvalue weighted by atomic mass is 35.5. The number of aromatic nitrogens is 1. The summed E-state index contributed by atoms with van der Waals surface area (Å²) >= 11 is 5.81. The third kappa shape index (κ3) is 4.65. The second-order valence-corrected chi connectivity index (χ2v) is 8.69. The number of ether oxygens (including phenoxy) is 1. The third-order valence-corrected chi connectivity index (χ3v) is 5.55. The summed E-state index contributed by atoms with van der Waals surface area (Å²) in [5.41, 5.74) is -4.34. The molecule has 0 radical (unpaired) electrons. The predicted octanol–water partition coefficient (Wildman–Crippen LogP) is 6.31. The number of methoxy groups -OCH3 is 1. The fourth-order valence-corrected chi connectivity index (χ4v) is 4.15. The molecule has 0 aliphatic rings. The summed E-state index contributed by atoms with van der Waals surface area (Å²) in [5.74, 6) is -1.14. The Balaban J connectivity index is 2.02. The maximum atomic E-state index is 14.1. The molecule has 0 bridgehead atoms. The quantitative estimate of drug-likeness (QED) is 0.422. The predicted molar refractivity (Wildman–Crippen MR) is 109 cm³/mol. The van der Waals surface area contributed by atoms with Gasteiger partial charge in [-0.25, -0.2) is 8.78 Å². The number of H-pyrrole nitrogens is 1. The lowest BCUT2D eigenvalue weighted by Gasteiger charge is -2.38. The molecule has 1 heterocycles. The van der Waals surface area contributed by atoms with Crippen LogP contribution < -0.4 is 4.74 Å². The topological polar surface area (TPSA) is 45.2 Å². The van der Waals surface area contributed by atoms with E-state index in [4.69, 9.17) is 16.3 Å². The zero-order chi connectivity index (χ0) is 23.2. The Bertz CT molecular complexity index is 1110. The molecule has 9 heteroatoms. The van der Waals surface area contributed by atoms with Crippen LogP contribution in [0.3, 0.4) is 0 Å². The molecule has 3 aromatic rings. The number of rotatable bonds is 6. The van der Waals surface area contributed by atoms with E-state index in [0.29, 0.717) is 0 Å². The monoisotopic (exact) mass is 461 g/mol. The number of halogens is 6. The molecule has 0 saturated carbocycles. The van der Waals surface area contributed by atoms with Gasteiger partial charge in [0.05, 0.1) is 12.6 Å². The number of hydrogen-bond donors (Lipinski definition) is 2. The Morgan fingerprint density at radius 1 is 1.06 bits per heavy atom. The maximum Gasteiger partial charge on any atom is 0.417 e. The van der Waals surface area contributed by atoms with E-state index in [-0.39, 0.29) is 32.9 Å². The minimum Gasteiger partial charge on any atom is -0.496 e. The molecule has 31 heavy (non-hydrogen) atoms. The lowest BCUT2D eigenvalue weighted by atomic mass is 9.73. The van der Waals surface area contributed by atoms with E-state index in [1.54, 1.807) is 0 Å². The molecule has 0 amide bonds. The van der Waals surface area contributed by atoms with Gasteiger partial charge in [-0.05, 0) is 48.2 Å². The van der Waals surface area contributed by atoms with Gasteiger partial charge in [0.15, 0.2) is 5.60 Å². The zero-order valence-corrected chi connectivity index (χ0v) is 17.8. The molecule has 1 atom stereocenters. The summed E-state index contributed by atoms with van der Waals surface area (Å²) in [6.45, 7) is 2.93. The van der Waals surface area contributed by atoms with Crippen LogP contribution in [-0.2, 0) is 11.8 Å². The lowest BCUT2D eigenvalue weighted by Crippen LogP contribution is -2.51. The van der Waals surface area contributed by atoms with Crippen LogP contribution in [-0.4, -0.2) is 29.0 Å². The fourth-order valence-electron chi connectivity index (χ4n) is 3.93. The van der Waals surface area contributed by atoms with Gasteiger partial charge in [-0.2, -0.15) is 13.2 Å². The van der Waals surface area contributed by atoms with Crippen molar-refractivity contribution in [1.82, 2.24) is 4.98 Å². The summed E-state index contributed by atoms with van der Waals surface area (Å²) in [4.78, 5) is 2.60. The van der Waals surface area contributed by atoms with Crippen molar-refractivity contribution in [3.63, 3.8) is 0 Å². The van der Waals surface area contributed by atoms with E-state index in [2.05, 4.69) is 4.98 Å². The number of aliphatic hydroxyl groups is 1. The van der Waals surface area contributed by atoms with Crippen LogP contribution in [0.25, 0.3) is 10.9 Å². The number of fused-ring (bicyclic) bond motifs is 1. The number of hydrogen-bond acceptors (Lipinski definition) is 2. The summed E-state index contributed by atoms with van der Waals surface area (Å²) in [6, 6.07) is 7.32. The van der Waals surface area contributed by atoms with Crippen LogP contribution in [0, 0.1) is 11.6 Å². The molecule has 0 fully saturated rings. The first-order chi connectivity index (χ1) is 14.3. The van der Waals surface area contributed by atoms with Gasteiger partial charge < -0.3 is 14.8 Å². The van der Waals surface area contributed by atoms with E-state index < -0.39 is 41.7 Å². The first-order valence-corrected chi connectivity index (χ1v) is 9.73. The second-order valence-electron chi connectivity index (χ2n) is 8.26. The first kappa shape index (κ1) is 23.3. The molecule has 2 aromatic carbocycles. The Kier molecular flexibility index (Phi) is 6.01. The van der Waals surface area contributed by atoms with Crippen LogP contribution in [0.5, 0.6) is 5.75 Å². The smallest absolute Gasteiger partial charge is 0.417 e. The van der Waals surface area contributed by atoms with Gasteiger partial charge in [0.1, 0.15) is 17.4 Å². The van der Waals surface area contributed by atoms with Crippen molar-refractivity contribution in [3.8, 4) is 5.75 Å². The number of aromatic amines is 1. The molecule has 1 unspecified atom stereocenters. The number of benzene rings is 2. The molecule has 3 rings (SSSR count). The molecule has 168 valence electrons. The Morgan fingerprint density at radius 2 is 1.74 bits per heavy atom. The first-order valence-electron chi connectivity index (χ1n) is 9.35. The van der Waals surface area contributed by atoms with Crippen molar-refractivity contribution in [2.75, 3.05) is 7.11 Å². The molecular formula is C22H21ClF5NO2. The highest BCUT2D eigenvalue weighted by Gasteiger charge is 2.56. The van der Waals surface area contributed by atoms with Gasteiger partial charge in [0.25, 0.3) is 0 Å². The molecular weight excluding hydrogens is 441 g/mol. The van der Waals surface area contributed by atoms with Crippen molar-refractivity contribution >= 4 is 22.5 Å². The van der Waals surface area contributed by atoms with E-state index in [9.17, 15) is 27.1 Å². The summed E-state index contributed by atoms with van der Waals surface area (Å²) in [7, 11) is 1.33. The SMILES string of the molecule is COc1ccc(F)cc1C(C)(C)CC(O)(Cc1cc2cc(Cl)cc(F)c2[nH]1)C(F)(F)F. The van der Waals surface area contributed by atoms with Crippen molar-refractivity contribution in [3.05, 3.63) is 64.3 Å². The van der Waals surface area contributed by atoms with Crippen LogP contribution in [0.1, 0.15) is 31.5 Å². The molecule has 0 aliphatic heterocycles. The van der Waals surface area contributed by atoms with Gasteiger partial charge >= 0.3 is 6.18 Å². The van der Waals surface area contributed by atoms with Crippen molar-refractivity contribution in [2.45, 2.75) is 43.9 Å².